The average Bonchev–Trinajstić information content (AvgIpc) is 2.86. The van der Waals surface area contributed by atoms with Gasteiger partial charge in [0.25, 0.3) is 0 Å². The molecule has 0 heterocycles. The molecule has 0 fully saturated rings. The maximum Gasteiger partial charge on any atom is 0.161 e. The van der Waals surface area contributed by atoms with Crippen LogP contribution in [0.1, 0.15) is 29.2 Å². The Balaban J connectivity index is 1.62. The summed E-state index contributed by atoms with van der Waals surface area (Å²) in [5.74, 6) is 1.18. The monoisotopic (exact) mass is 430 g/mol. The van der Waals surface area contributed by atoms with Crippen LogP contribution in [0.3, 0.4) is 0 Å². The first-order valence-electron chi connectivity index (χ1n) is 10.7. The Hall–Kier alpha value is -4.54. The number of fused-ring (bicyclic) bond motifs is 1. The minimum Gasteiger partial charge on any atom is -0.490 e. The van der Waals surface area contributed by atoms with E-state index in [1.54, 1.807) is 6.07 Å². The molecular formula is C29H22N2O2. The summed E-state index contributed by atoms with van der Waals surface area (Å²) in [7, 11) is 0. The summed E-state index contributed by atoms with van der Waals surface area (Å²) in [4.78, 5) is 0. The average molecular weight is 431 g/mol. The van der Waals surface area contributed by atoms with Crippen LogP contribution in [0.5, 0.6) is 11.5 Å². The van der Waals surface area contributed by atoms with Gasteiger partial charge in [0, 0.05) is 5.56 Å². The first-order chi connectivity index (χ1) is 16.2. The smallest absolute Gasteiger partial charge is 0.161 e. The Morgan fingerprint density at radius 2 is 1.61 bits per heavy atom. The van der Waals surface area contributed by atoms with Crippen molar-refractivity contribution >= 4 is 22.4 Å². The number of rotatable bonds is 7. The van der Waals surface area contributed by atoms with E-state index in [9.17, 15) is 10.5 Å². The van der Waals surface area contributed by atoms with Crippen LogP contribution in [-0.4, -0.2) is 6.61 Å². The number of allylic oxidation sites excluding steroid dienone is 1. The van der Waals surface area contributed by atoms with E-state index < -0.39 is 0 Å². The topological polar surface area (TPSA) is 66.0 Å². The fourth-order valence-corrected chi connectivity index (χ4v) is 3.62. The molecule has 160 valence electrons. The normalized spacial score (nSPS) is 10.9. The zero-order chi connectivity index (χ0) is 23.0. The second-order valence-corrected chi connectivity index (χ2v) is 7.43. The molecule has 4 rings (SSSR count). The Bertz CT molecular complexity index is 1410. The third kappa shape index (κ3) is 5.03. The Morgan fingerprint density at radius 1 is 0.818 bits per heavy atom. The van der Waals surface area contributed by atoms with Gasteiger partial charge in [-0.1, -0.05) is 60.7 Å². The molecule has 0 aliphatic heterocycles. The molecule has 4 aromatic rings. The highest BCUT2D eigenvalue weighted by molar-refractivity contribution is 5.94. The molecular weight excluding hydrogens is 408 g/mol. The summed E-state index contributed by atoms with van der Waals surface area (Å²) in [6.07, 6.45) is 1.85. The van der Waals surface area contributed by atoms with E-state index in [1.807, 2.05) is 85.8 Å². The molecule has 0 bridgehead atoms. The predicted octanol–water partition coefficient (Wildman–Crippen LogP) is 6.75. The van der Waals surface area contributed by atoms with Crippen molar-refractivity contribution in [1.29, 1.82) is 10.5 Å². The number of nitriles is 2. The third-order valence-electron chi connectivity index (χ3n) is 5.28. The zero-order valence-corrected chi connectivity index (χ0v) is 18.3. The van der Waals surface area contributed by atoms with Gasteiger partial charge in [0.05, 0.1) is 29.9 Å². The van der Waals surface area contributed by atoms with E-state index >= 15 is 0 Å². The molecule has 4 aromatic carbocycles. The first-order valence-corrected chi connectivity index (χ1v) is 10.7. The SMILES string of the molecule is CCOc1cc(/C=C(/C#N)c2ccc3ccccc3c2)ccc1OCc1ccccc1C#N. The lowest BCUT2D eigenvalue weighted by molar-refractivity contribution is 0.269. The van der Waals surface area contributed by atoms with Crippen LogP contribution < -0.4 is 9.47 Å². The fourth-order valence-electron chi connectivity index (χ4n) is 3.62. The van der Waals surface area contributed by atoms with Crippen molar-refractivity contribution in [3.05, 3.63) is 107 Å². The molecule has 0 N–H and O–H groups in total. The summed E-state index contributed by atoms with van der Waals surface area (Å²) < 4.78 is 11.8. The summed E-state index contributed by atoms with van der Waals surface area (Å²) in [6.45, 7) is 2.65. The first kappa shape index (κ1) is 21.7. The highest BCUT2D eigenvalue weighted by Crippen LogP contribution is 2.31. The van der Waals surface area contributed by atoms with Crippen molar-refractivity contribution in [3.8, 4) is 23.6 Å². The van der Waals surface area contributed by atoms with Crippen LogP contribution in [0.15, 0.2) is 84.9 Å². The van der Waals surface area contributed by atoms with Gasteiger partial charge >= 0.3 is 0 Å². The van der Waals surface area contributed by atoms with E-state index in [2.05, 4.69) is 18.2 Å². The van der Waals surface area contributed by atoms with E-state index in [4.69, 9.17) is 9.47 Å². The molecule has 0 aliphatic carbocycles. The summed E-state index contributed by atoms with van der Waals surface area (Å²) in [5, 5.41) is 21.3. The molecule has 4 heteroatoms. The number of hydrogen-bond acceptors (Lipinski definition) is 4. The van der Waals surface area contributed by atoms with Crippen molar-refractivity contribution in [1.82, 2.24) is 0 Å². The van der Waals surface area contributed by atoms with Gasteiger partial charge in [0.1, 0.15) is 6.61 Å². The van der Waals surface area contributed by atoms with Gasteiger partial charge < -0.3 is 9.47 Å². The standard InChI is InChI=1S/C29H22N2O2/c1-2-32-29-16-21(11-14-28(29)33-20-26-10-6-5-9-25(26)18-30)15-27(19-31)24-13-12-22-7-3-4-8-23(22)17-24/h3-17H,2,20H2,1H3/b27-15-. The minimum absolute atomic E-state index is 0.263. The van der Waals surface area contributed by atoms with Crippen LogP contribution >= 0.6 is 0 Å². The number of hydrogen-bond donors (Lipinski definition) is 0. The van der Waals surface area contributed by atoms with Crippen LogP contribution in [0.4, 0.5) is 0 Å². The Kier molecular flexibility index (Phi) is 6.69. The van der Waals surface area contributed by atoms with E-state index in [1.165, 1.54) is 0 Å². The second-order valence-electron chi connectivity index (χ2n) is 7.43. The number of benzene rings is 4. The van der Waals surface area contributed by atoms with Gasteiger partial charge in [-0.3, -0.25) is 0 Å². The van der Waals surface area contributed by atoms with Gasteiger partial charge in [-0.2, -0.15) is 10.5 Å². The maximum atomic E-state index is 9.80. The summed E-state index contributed by atoms with van der Waals surface area (Å²) >= 11 is 0. The molecule has 0 saturated carbocycles. The number of nitrogens with zero attached hydrogens (tertiary/aromatic N) is 2. The summed E-state index contributed by atoms with van der Waals surface area (Å²) in [5.41, 5.74) is 3.67. The molecule has 33 heavy (non-hydrogen) atoms. The Morgan fingerprint density at radius 3 is 2.39 bits per heavy atom. The third-order valence-corrected chi connectivity index (χ3v) is 5.28. The fraction of sp³-hybridized carbons (Fsp3) is 0.103. The maximum absolute atomic E-state index is 9.80. The van der Waals surface area contributed by atoms with Crippen molar-refractivity contribution in [2.24, 2.45) is 0 Å². The van der Waals surface area contributed by atoms with Gasteiger partial charge in [0.15, 0.2) is 11.5 Å². The molecule has 0 saturated heterocycles. The van der Waals surface area contributed by atoms with E-state index in [-0.39, 0.29) is 6.61 Å². The van der Waals surface area contributed by atoms with E-state index in [0.717, 1.165) is 27.5 Å². The van der Waals surface area contributed by atoms with Crippen LogP contribution in [0.2, 0.25) is 0 Å². The minimum atomic E-state index is 0.263. The van der Waals surface area contributed by atoms with Crippen LogP contribution in [0, 0.1) is 22.7 Å². The molecule has 4 nitrogen and oxygen atoms in total. The zero-order valence-electron chi connectivity index (χ0n) is 18.3. The molecule has 0 unspecified atom stereocenters. The van der Waals surface area contributed by atoms with Crippen LogP contribution in [0.25, 0.3) is 22.4 Å². The largest absolute Gasteiger partial charge is 0.490 e. The van der Waals surface area contributed by atoms with E-state index in [0.29, 0.717) is 29.2 Å². The van der Waals surface area contributed by atoms with Crippen molar-refractivity contribution < 1.29 is 9.47 Å². The van der Waals surface area contributed by atoms with Crippen molar-refractivity contribution in [2.45, 2.75) is 13.5 Å². The van der Waals surface area contributed by atoms with Gasteiger partial charge in [-0.25, -0.2) is 0 Å². The molecule has 0 radical (unpaired) electrons. The molecule has 0 aromatic heterocycles. The molecule has 0 atom stereocenters. The molecule has 0 aliphatic rings. The van der Waals surface area contributed by atoms with Crippen molar-refractivity contribution in [3.63, 3.8) is 0 Å². The Labute approximate surface area is 193 Å². The predicted molar refractivity (Wildman–Crippen MR) is 131 cm³/mol. The lowest BCUT2D eigenvalue weighted by Gasteiger charge is -2.13. The quantitative estimate of drug-likeness (QED) is 0.240. The molecule has 0 amide bonds. The molecule has 0 spiro atoms. The highest BCUT2D eigenvalue weighted by Gasteiger charge is 2.10. The van der Waals surface area contributed by atoms with Crippen LogP contribution in [-0.2, 0) is 6.61 Å². The van der Waals surface area contributed by atoms with Gasteiger partial charge in [-0.15, -0.1) is 0 Å². The van der Waals surface area contributed by atoms with Gasteiger partial charge in [-0.05, 0) is 59.2 Å². The lowest BCUT2D eigenvalue weighted by Crippen LogP contribution is -2.01. The second kappa shape index (κ2) is 10.2. The lowest BCUT2D eigenvalue weighted by atomic mass is 10.00. The summed E-state index contributed by atoms with van der Waals surface area (Å²) in [6, 6.07) is 31.6. The van der Waals surface area contributed by atoms with Gasteiger partial charge in [0.2, 0.25) is 0 Å². The highest BCUT2D eigenvalue weighted by atomic mass is 16.5. The number of ether oxygens (including phenoxy) is 2. The van der Waals surface area contributed by atoms with Crippen molar-refractivity contribution in [2.75, 3.05) is 6.61 Å².